The Morgan fingerprint density at radius 1 is 0.400 bits per heavy atom. The van der Waals surface area contributed by atoms with Crippen molar-refractivity contribution in [3.8, 4) is 23.0 Å². The number of hydrogen-bond acceptors (Lipinski definition) is 4. The third kappa shape index (κ3) is 9.73. The first-order valence-corrected chi connectivity index (χ1v) is 20.8. The van der Waals surface area contributed by atoms with Crippen molar-refractivity contribution in [3.63, 3.8) is 0 Å². The molecule has 4 nitrogen and oxygen atoms in total. The number of fused-ring (bicyclic) bond motifs is 8. The van der Waals surface area contributed by atoms with Crippen molar-refractivity contribution >= 4 is 0 Å². The summed E-state index contributed by atoms with van der Waals surface area (Å²) in [5, 5.41) is 24.5. The summed E-state index contributed by atoms with van der Waals surface area (Å²) in [4.78, 5) is 0. The number of aromatic hydroxyl groups is 2. The first-order chi connectivity index (χ1) is 25.5. The maximum atomic E-state index is 12.3. The Morgan fingerprint density at radius 2 is 0.655 bits per heavy atom. The van der Waals surface area contributed by atoms with E-state index in [0.29, 0.717) is 44.6 Å². The molecule has 4 aromatic rings. The molecule has 1 aliphatic rings. The molecule has 55 heavy (non-hydrogen) atoms. The predicted molar refractivity (Wildman–Crippen MR) is 231 cm³/mol. The summed E-state index contributed by atoms with van der Waals surface area (Å²) in [6.07, 6.45) is 4.97. The van der Waals surface area contributed by atoms with Gasteiger partial charge in [-0.15, -0.1) is 0 Å². The van der Waals surface area contributed by atoms with Gasteiger partial charge in [-0.25, -0.2) is 0 Å². The lowest BCUT2D eigenvalue weighted by atomic mass is 9.79. The van der Waals surface area contributed by atoms with E-state index >= 15 is 0 Å². The molecular formula is C51H70O4. The fourth-order valence-corrected chi connectivity index (χ4v) is 7.54. The number of benzene rings is 4. The van der Waals surface area contributed by atoms with E-state index in [1.807, 2.05) is 0 Å². The largest absolute Gasteiger partial charge is 0.507 e. The van der Waals surface area contributed by atoms with Gasteiger partial charge in [0, 0.05) is 25.7 Å². The van der Waals surface area contributed by atoms with Crippen molar-refractivity contribution in [1.29, 1.82) is 0 Å². The highest BCUT2D eigenvalue weighted by molar-refractivity contribution is 5.59. The van der Waals surface area contributed by atoms with Gasteiger partial charge in [0.05, 0.1) is 13.2 Å². The Balaban J connectivity index is 1.95. The van der Waals surface area contributed by atoms with Crippen LogP contribution in [0.4, 0.5) is 0 Å². The number of phenolic OH excluding ortho intramolecular Hbond substituents is 2. The van der Waals surface area contributed by atoms with Crippen LogP contribution < -0.4 is 9.47 Å². The molecule has 2 N–H and O–H groups in total. The SMILES string of the molecule is CCCCOc1c2cc(C(C)(C)C)cc1Cc1cc(C(C)(C)C)cc(c1OCCC)Cc1cc(C(C)(C)C)cc(c1O)Cc1cc(C(C)(C)C)cc(c1O)C2. The van der Waals surface area contributed by atoms with Gasteiger partial charge in [-0.2, -0.15) is 0 Å². The van der Waals surface area contributed by atoms with Crippen LogP contribution in [0, 0.1) is 0 Å². The van der Waals surface area contributed by atoms with Crippen LogP contribution in [0.25, 0.3) is 0 Å². The van der Waals surface area contributed by atoms with Crippen LogP contribution in [0.2, 0.25) is 0 Å². The molecule has 0 saturated carbocycles. The van der Waals surface area contributed by atoms with Crippen molar-refractivity contribution < 1.29 is 19.7 Å². The molecule has 0 unspecified atom stereocenters. The fourth-order valence-electron chi connectivity index (χ4n) is 7.54. The molecule has 0 spiro atoms. The zero-order valence-corrected chi connectivity index (χ0v) is 36.7. The molecule has 8 bridgehead atoms. The highest BCUT2D eigenvalue weighted by atomic mass is 16.5. The first-order valence-electron chi connectivity index (χ1n) is 20.8. The molecule has 0 heterocycles. The van der Waals surface area contributed by atoms with Gasteiger partial charge in [0.2, 0.25) is 0 Å². The molecule has 0 aliphatic heterocycles. The number of phenols is 2. The summed E-state index contributed by atoms with van der Waals surface area (Å²) in [7, 11) is 0. The quantitative estimate of drug-likeness (QED) is 0.163. The minimum absolute atomic E-state index is 0.113. The van der Waals surface area contributed by atoms with Crippen LogP contribution in [0.15, 0.2) is 48.5 Å². The average Bonchev–Trinajstić information content (AvgIpc) is 3.06. The summed E-state index contributed by atoms with van der Waals surface area (Å²) in [5.74, 6) is 2.40. The average molecular weight is 747 g/mol. The van der Waals surface area contributed by atoms with E-state index in [9.17, 15) is 10.2 Å². The van der Waals surface area contributed by atoms with Gasteiger partial charge in [0.25, 0.3) is 0 Å². The molecule has 0 fully saturated rings. The van der Waals surface area contributed by atoms with Crippen LogP contribution >= 0.6 is 0 Å². The Kier molecular flexibility index (Phi) is 12.2. The lowest BCUT2D eigenvalue weighted by molar-refractivity contribution is 0.302. The van der Waals surface area contributed by atoms with E-state index < -0.39 is 0 Å². The van der Waals surface area contributed by atoms with E-state index in [1.165, 1.54) is 11.1 Å². The highest BCUT2D eigenvalue weighted by Crippen LogP contribution is 2.43. The van der Waals surface area contributed by atoms with Crippen LogP contribution in [0.5, 0.6) is 23.0 Å². The normalized spacial score (nSPS) is 13.9. The van der Waals surface area contributed by atoms with Gasteiger partial charge in [0.1, 0.15) is 23.0 Å². The van der Waals surface area contributed by atoms with E-state index in [1.54, 1.807) is 0 Å². The van der Waals surface area contributed by atoms with Crippen LogP contribution in [0.1, 0.15) is 183 Å². The van der Waals surface area contributed by atoms with Gasteiger partial charge in [-0.3, -0.25) is 0 Å². The Hall–Kier alpha value is -3.92. The Bertz CT molecular complexity index is 2000. The molecule has 0 atom stereocenters. The smallest absolute Gasteiger partial charge is 0.126 e. The molecule has 4 aromatic carbocycles. The second kappa shape index (κ2) is 15.9. The third-order valence-corrected chi connectivity index (χ3v) is 11.2. The van der Waals surface area contributed by atoms with Gasteiger partial charge >= 0.3 is 0 Å². The summed E-state index contributed by atoms with van der Waals surface area (Å²) in [6, 6.07) is 18.0. The molecular weight excluding hydrogens is 677 g/mol. The molecule has 298 valence electrons. The maximum Gasteiger partial charge on any atom is 0.126 e. The number of unbranched alkanes of at least 4 members (excludes halogenated alkanes) is 1. The van der Waals surface area contributed by atoms with Crippen molar-refractivity contribution in [3.05, 3.63) is 115 Å². The lowest BCUT2D eigenvalue weighted by Gasteiger charge is -2.28. The Labute approximate surface area is 333 Å². The number of hydrogen-bond donors (Lipinski definition) is 2. The molecule has 0 amide bonds. The second-order valence-electron chi connectivity index (χ2n) is 20.3. The van der Waals surface area contributed by atoms with Crippen molar-refractivity contribution in [2.24, 2.45) is 0 Å². The zero-order valence-electron chi connectivity index (χ0n) is 36.7. The van der Waals surface area contributed by atoms with Crippen molar-refractivity contribution in [2.45, 2.75) is 164 Å². The summed E-state index contributed by atoms with van der Waals surface area (Å²) in [6.45, 7) is 32.6. The highest BCUT2D eigenvalue weighted by Gasteiger charge is 2.28. The van der Waals surface area contributed by atoms with E-state index in [-0.39, 0.29) is 27.4 Å². The van der Waals surface area contributed by atoms with E-state index in [2.05, 4.69) is 145 Å². The number of ether oxygens (including phenoxy) is 2. The van der Waals surface area contributed by atoms with Crippen molar-refractivity contribution in [2.75, 3.05) is 13.2 Å². The van der Waals surface area contributed by atoms with E-state index in [4.69, 9.17) is 9.47 Å². The minimum atomic E-state index is -0.153. The zero-order chi connectivity index (χ0) is 40.7. The van der Waals surface area contributed by atoms with Crippen molar-refractivity contribution in [1.82, 2.24) is 0 Å². The van der Waals surface area contributed by atoms with Crippen LogP contribution in [-0.4, -0.2) is 23.4 Å². The molecule has 1 aliphatic carbocycles. The minimum Gasteiger partial charge on any atom is -0.507 e. The van der Waals surface area contributed by atoms with Crippen LogP contribution in [-0.2, 0) is 47.3 Å². The van der Waals surface area contributed by atoms with Crippen LogP contribution in [0.3, 0.4) is 0 Å². The summed E-state index contributed by atoms with van der Waals surface area (Å²) >= 11 is 0. The van der Waals surface area contributed by atoms with Gasteiger partial charge < -0.3 is 19.7 Å². The van der Waals surface area contributed by atoms with Gasteiger partial charge in [-0.05, 0) is 101 Å². The topological polar surface area (TPSA) is 58.9 Å². The fraction of sp³-hybridized carbons (Fsp3) is 0.529. The third-order valence-electron chi connectivity index (χ3n) is 11.2. The van der Waals surface area contributed by atoms with Gasteiger partial charge in [0.15, 0.2) is 0 Å². The molecule has 0 saturated heterocycles. The Morgan fingerprint density at radius 3 is 0.927 bits per heavy atom. The van der Waals surface area contributed by atoms with Gasteiger partial charge in [-0.1, -0.05) is 152 Å². The maximum absolute atomic E-state index is 12.3. The molecule has 4 heteroatoms. The first kappa shape index (κ1) is 42.2. The lowest BCUT2D eigenvalue weighted by Crippen LogP contribution is -2.17. The standard InChI is InChI=1S/C51H70O4/c1-15-17-19-55-47-37-22-35-27-41(49(6,7)8)25-33(45(35)53)20-32-24-40(48(3,4)5)26-34(44(32)52)21-36-28-42(50(9,10)11)30-38(46(36)54-18-16-2)23-39(47)31-43(29-37)51(12,13)14/h24-31,52-53H,15-23H2,1-14H3. The summed E-state index contributed by atoms with van der Waals surface area (Å²) < 4.78 is 13.6. The number of rotatable bonds is 7. The van der Waals surface area contributed by atoms with E-state index in [0.717, 1.165) is 86.4 Å². The monoisotopic (exact) mass is 747 g/mol. The second-order valence-corrected chi connectivity index (χ2v) is 20.3. The molecule has 5 rings (SSSR count). The molecule has 0 aromatic heterocycles. The molecule has 0 radical (unpaired) electrons. The summed E-state index contributed by atoms with van der Waals surface area (Å²) in [5.41, 5.74) is 12.1. The predicted octanol–water partition coefficient (Wildman–Crippen LogP) is 12.9.